The lowest BCUT2D eigenvalue weighted by Gasteiger charge is -2.15. The Labute approximate surface area is 139 Å². The van der Waals surface area contributed by atoms with Gasteiger partial charge in [-0.3, -0.25) is 9.69 Å². The van der Waals surface area contributed by atoms with Crippen LogP contribution in [-0.4, -0.2) is 29.9 Å². The molecule has 1 aromatic heterocycles. The summed E-state index contributed by atoms with van der Waals surface area (Å²) < 4.78 is 1.23. The maximum Gasteiger partial charge on any atom is 0.251 e. The number of benzene rings is 2. The molecule has 0 bridgehead atoms. The number of carbonyl (C=O) groups excluding carboxylic acids is 1. The minimum absolute atomic E-state index is 0.0561. The summed E-state index contributed by atoms with van der Waals surface area (Å²) in [6, 6.07) is 15.9. The van der Waals surface area contributed by atoms with Crippen LogP contribution in [0, 0.1) is 0 Å². The molecule has 2 aromatic carbocycles. The zero-order chi connectivity index (χ0) is 16.2. The largest absolute Gasteiger partial charge is 0.355 e. The first kappa shape index (κ1) is 15.6. The summed E-state index contributed by atoms with van der Waals surface area (Å²) >= 11 is 1.74. The van der Waals surface area contributed by atoms with E-state index in [0.29, 0.717) is 5.56 Å². The number of carbonyl (C=O) groups is 1. The third-order valence-corrected chi connectivity index (χ3v) is 4.66. The van der Waals surface area contributed by atoms with Crippen molar-refractivity contribution in [3.63, 3.8) is 0 Å². The summed E-state index contributed by atoms with van der Waals surface area (Å²) in [5, 5.41) is 3.75. The van der Waals surface area contributed by atoms with Crippen LogP contribution in [0.25, 0.3) is 10.2 Å². The zero-order valence-electron chi connectivity index (χ0n) is 13.2. The second-order valence-corrected chi connectivity index (χ2v) is 6.64. The molecular formula is C18H19N3OS. The molecule has 118 valence electrons. The molecule has 1 N–H and O–H groups in total. The third-order valence-electron chi connectivity index (χ3n) is 3.64. The van der Waals surface area contributed by atoms with Crippen LogP contribution in [-0.2, 0) is 13.1 Å². The topological polar surface area (TPSA) is 45.2 Å². The number of nitrogens with one attached hydrogen (secondary N) is 1. The molecule has 3 rings (SSSR count). The second-order valence-electron chi connectivity index (χ2n) is 5.52. The number of thiazole rings is 1. The highest BCUT2D eigenvalue weighted by atomic mass is 32.1. The van der Waals surface area contributed by atoms with Gasteiger partial charge in [-0.05, 0) is 36.9 Å². The molecule has 0 atom stereocenters. The van der Waals surface area contributed by atoms with E-state index in [-0.39, 0.29) is 5.91 Å². The fraction of sp³-hybridized carbons (Fsp3) is 0.222. The normalized spacial score (nSPS) is 11.1. The standard InChI is InChI=1S/C18H19N3OS/c1-19-18(22)14-9-7-13(8-10-14)11-21(2)12-17-20-15-5-3-4-6-16(15)23-17/h3-10H,11-12H2,1-2H3,(H,19,22). The predicted molar refractivity (Wildman–Crippen MR) is 94.6 cm³/mol. The molecule has 1 amide bonds. The Balaban J connectivity index is 1.64. The maximum atomic E-state index is 11.5. The average molecular weight is 325 g/mol. The number of rotatable bonds is 5. The van der Waals surface area contributed by atoms with Gasteiger partial charge in [0.05, 0.1) is 16.8 Å². The molecule has 0 spiro atoms. The quantitative estimate of drug-likeness (QED) is 0.783. The molecule has 4 nitrogen and oxygen atoms in total. The van der Waals surface area contributed by atoms with Crippen LogP contribution in [0.3, 0.4) is 0 Å². The third kappa shape index (κ3) is 3.75. The minimum Gasteiger partial charge on any atom is -0.355 e. The summed E-state index contributed by atoms with van der Waals surface area (Å²) in [5.41, 5.74) is 2.93. The van der Waals surface area contributed by atoms with E-state index in [4.69, 9.17) is 0 Å². The number of aromatic nitrogens is 1. The lowest BCUT2D eigenvalue weighted by Crippen LogP contribution is -2.19. The summed E-state index contributed by atoms with van der Waals surface area (Å²) in [4.78, 5) is 18.4. The summed E-state index contributed by atoms with van der Waals surface area (Å²) in [7, 11) is 3.72. The van der Waals surface area contributed by atoms with Gasteiger partial charge in [0.25, 0.3) is 5.91 Å². The van der Waals surface area contributed by atoms with Gasteiger partial charge in [0, 0.05) is 19.2 Å². The van der Waals surface area contributed by atoms with Gasteiger partial charge in [0.2, 0.25) is 0 Å². The fourth-order valence-electron chi connectivity index (χ4n) is 2.49. The number of nitrogens with zero attached hydrogens (tertiary/aromatic N) is 2. The first-order valence-corrected chi connectivity index (χ1v) is 8.31. The SMILES string of the molecule is CNC(=O)c1ccc(CN(C)Cc2nc3ccccc3s2)cc1. The van der Waals surface area contributed by atoms with Gasteiger partial charge in [-0.1, -0.05) is 24.3 Å². The summed E-state index contributed by atoms with van der Waals surface area (Å²) in [6.07, 6.45) is 0. The molecule has 0 radical (unpaired) electrons. The van der Waals surface area contributed by atoms with Crippen LogP contribution in [0.5, 0.6) is 0 Å². The molecular weight excluding hydrogens is 306 g/mol. The van der Waals surface area contributed by atoms with Crippen molar-refractivity contribution in [1.82, 2.24) is 15.2 Å². The number of hydrogen-bond acceptors (Lipinski definition) is 4. The number of para-hydroxylation sites is 1. The Bertz CT molecular complexity index is 778. The smallest absolute Gasteiger partial charge is 0.251 e. The number of hydrogen-bond donors (Lipinski definition) is 1. The minimum atomic E-state index is -0.0561. The second kappa shape index (κ2) is 6.89. The molecule has 0 aliphatic heterocycles. The summed E-state index contributed by atoms with van der Waals surface area (Å²) in [6.45, 7) is 1.64. The molecule has 1 heterocycles. The van der Waals surface area contributed by atoms with Gasteiger partial charge in [0.15, 0.2) is 0 Å². The van der Waals surface area contributed by atoms with Crippen molar-refractivity contribution in [2.24, 2.45) is 0 Å². The number of amides is 1. The van der Waals surface area contributed by atoms with Crippen molar-refractivity contribution < 1.29 is 4.79 Å². The number of fused-ring (bicyclic) bond motifs is 1. The molecule has 0 aliphatic carbocycles. The first-order valence-electron chi connectivity index (χ1n) is 7.50. The van der Waals surface area contributed by atoms with Gasteiger partial charge in [-0.15, -0.1) is 11.3 Å². The van der Waals surface area contributed by atoms with Gasteiger partial charge in [-0.25, -0.2) is 4.98 Å². The van der Waals surface area contributed by atoms with E-state index in [9.17, 15) is 4.79 Å². The Kier molecular flexibility index (Phi) is 4.69. The van der Waals surface area contributed by atoms with Crippen molar-refractivity contribution in [2.75, 3.05) is 14.1 Å². The molecule has 5 heteroatoms. The summed E-state index contributed by atoms with van der Waals surface area (Å²) in [5.74, 6) is -0.0561. The highest BCUT2D eigenvalue weighted by molar-refractivity contribution is 7.18. The van der Waals surface area contributed by atoms with E-state index in [1.807, 2.05) is 42.5 Å². The molecule has 0 saturated carbocycles. The van der Waals surface area contributed by atoms with E-state index in [1.165, 1.54) is 10.3 Å². The lowest BCUT2D eigenvalue weighted by molar-refractivity contribution is 0.0963. The molecule has 0 unspecified atom stereocenters. The Morgan fingerprint density at radius 2 is 1.87 bits per heavy atom. The van der Waals surface area contributed by atoms with E-state index in [2.05, 4.69) is 28.3 Å². The van der Waals surface area contributed by atoms with Crippen molar-refractivity contribution >= 4 is 27.5 Å². The van der Waals surface area contributed by atoms with E-state index < -0.39 is 0 Å². The van der Waals surface area contributed by atoms with Gasteiger partial charge in [0.1, 0.15) is 5.01 Å². The average Bonchev–Trinajstić information content (AvgIpc) is 2.96. The van der Waals surface area contributed by atoms with Crippen LogP contribution < -0.4 is 5.32 Å². The van der Waals surface area contributed by atoms with Crippen LogP contribution >= 0.6 is 11.3 Å². The van der Waals surface area contributed by atoms with Crippen LogP contribution in [0.4, 0.5) is 0 Å². The fourth-order valence-corrected chi connectivity index (χ4v) is 3.54. The predicted octanol–water partition coefficient (Wildman–Crippen LogP) is 3.29. The van der Waals surface area contributed by atoms with Gasteiger partial charge < -0.3 is 5.32 Å². The first-order chi connectivity index (χ1) is 11.2. The molecule has 23 heavy (non-hydrogen) atoms. The van der Waals surface area contributed by atoms with Crippen LogP contribution in [0.2, 0.25) is 0 Å². The van der Waals surface area contributed by atoms with Crippen molar-refractivity contribution in [3.8, 4) is 0 Å². The highest BCUT2D eigenvalue weighted by Crippen LogP contribution is 2.22. The lowest BCUT2D eigenvalue weighted by atomic mass is 10.1. The molecule has 0 saturated heterocycles. The van der Waals surface area contributed by atoms with E-state index in [1.54, 1.807) is 18.4 Å². The maximum absolute atomic E-state index is 11.5. The molecule has 0 aliphatic rings. The highest BCUT2D eigenvalue weighted by Gasteiger charge is 2.08. The van der Waals surface area contributed by atoms with Gasteiger partial charge in [-0.2, -0.15) is 0 Å². The van der Waals surface area contributed by atoms with E-state index in [0.717, 1.165) is 23.6 Å². The zero-order valence-corrected chi connectivity index (χ0v) is 14.1. The van der Waals surface area contributed by atoms with Crippen molar-refractivity contribution in [3.05, 3.63) is 64.7 Å². The molecule has 3 aromatic rings. The molecule has 0 fully saturated rings. The Hall–Kier alpha value is -2.24. The van der Waals surface area contributed by atoms with Crippen molar-refractivity contribution in [2.45, 2.75) is 13.1 Å². The Morgan fingerprint density at radius 3 is 2.57 bits per heavy atom. The van der Waals surface area contributed by atoms with Crippen molar-refractivity contribution in [1.29, 1.82) is 0 Å². The van der Waals surface area contributed by atoms with Crippen LogP contribution in [0.15, 0.2) is 48.5 Å². The van der Waals surface area contributed by atoms with Gasteiger partial charge >= 0.3 is 0 Å². The van der Waals surface area contributed by atoms with Crippen LogP contribution in [0.1, 0.15) is 20.9 Å². The van der Waals surface area contributed by atoms with E-state index >= 15 is 0 Å². The monoisotopic (exact) mass is 325 g/mol. The Morgan fingerprint density at radius 1 is 1.13 bits per heavy atom.